The molecule has 2 aromatic carbocycles. The molecule has 19 heavy (non-hydrogen) atoms. The maximum Gasteiger partial charge on any atom is 0.318 e. The van der Waals surface area contributed by atoms with Crippen molar-refractivity contribution >= 4 is 5.97 Å². The highest BCUT2D eigenvalue weighted by molar-refractivity contribution is 5.86. The molecule has 0 aliphatic heterocycles. The summed E-state index contributed by atoms with van der Waals surface area (Å²) in [6.45, 7) is 5.68. The highest BCUT2D eigenvalue weighted by Crippen LogP contribution is 2.35. The number of aliphatic carboxylic acids is 1. The van der Waals surface area contributed by atoms with Crippen LogP contribution in [0.25, 0.3) is 0 Å². The van der Waals surface area contributed by atoms with Gasteiger partial charge in [0.05, 0.1) is 0 Å². The average Bonchev–Trinajstić information content (AvgIpc) is 2.38. The molecule has 0 saturated carbocycles. The molecule has 0 fully saturated rings. The monoisotopic (exact) mass is 254 g/mol. The predicted octanol–water partition coefficient (Wildman–Crippen LogP) is 3.69. The Morgan fingerprint density at radius 2 is 1.26 bits per heavy atom. The highest BCUT2D eigenvalue weighted by atomic mass is 16.4. The van der Waals surface area contributed by atoms with Gasteiger partial charge >= 0.3 is 5.97 Å². The first-order valence-corrected chi connectivity index (χ1v) is 6.33. The molecule has 0 aliphatic rings. The van der Waals surface area contributed by atoms with Crippen LogP contribution in [0.4, 0.5) is 0 Å². The lowest BCUT2D eigenvalue weighted by atomic mass is 9.73. The van der Waals surface area contributed by atoms with Crippen LogP contribution in [0.2, 0.25) is 0 Å². The van der Waals surface area contributed by atoms with Crippen molar-refractivity contribution in [3.05, 3.63) is 70.8 Å². The Morgan fingerprint density at radius 3 is 1.58 bits per heavy atom. The Kier molecular flexibility index (Phi) is 3.43. The first-order valence-electron chi connectivity index (χ1n) is 6.33. The molecule has 0 aromatic heterocycles. The Hall–Kier alpha value is -2.09. The summed E-state index contributed by atoms with van der Waals surface area (Å²) in [6.07, 6.45) is 0. The third-order valence-electron chi connectivity index (χ3n) is 3.80. The number of hydrogen-bond donors (Lipinski definition) is 1. The van der Waals surface area contributed by atoms with Crippen LogP contribution in [0.1, 0.15) is 29.2 Å². The molecule has 0 spiro atoms. The number of hydrogen-bond acceptors (Lipinski definition) is 1. The van der Waals surface area contributed by atoms with Gasteiger partial charge in [-0.05, 0) is 43.0 Å². The first-order chi connectivity index (χ1) is 8.98. The number of rotatable bonds is 3. The maximum absolute atomic E-state index is 11.9. The Balaban J connectivity index is 2.73. The van der Waals surface area contributed by atoms with Crippen LogP contribution in [0.3, 0.4) is 0 Å². The highest BCUT2D eigenvalue weighted by Gasteiger charge is 2.39. The van der Waals surface area contributed by atoms with E-state index in [1.807, 2.05) is 62.4 Å². The lowest BCUT2D eigenvalue weighted by Crippen LogP contribution is -2.35. The van der Waals surface area contributed by atoms with Crippen molar-refractivity contribution in [3.8, 4) is 0 Å². The summed E-state index contributed by atoms with van der Waals surface area (Å²) < 4.78 is 0. The second-order valence-electron chi connectivity index (χ2n) is 5.06. The zero-order valence-electron chi connectivity index (χ0n) is 11.5. The van der Waals surface area contributed by atoms with Crippen LogP contribution in [-0.4, -0.2) is 11.1 Å². The number of carbonyl (C=O) groups is 1. The van der Waals surface area contributed by atoms with Crippen LogP contribution in [0, 0.1) is 13.8 Å². The number of carboxylic acids is 1. The first kappa shape index (κ1) is 13.3. The van der Waals surface area contributed by atoms with E-state index in [0.29, 0.717) is 0 Å². The van der Waals surface area contributed by atoms with E-state index >= 15 is 0 Å². The van der Waals surface area contributed by atoms with Crippen LogP contribution >= 0.6 is 0 Å². The van der Waals surface area contributed by atoms with Crippen molar-refractivity contribution in [1.82, 2.24) is 0 Å². The van der Waals surface area contributed by atoms with Crippen LogP contribution < -0.4 is 0 Å². The van der Waals surface area contributed by atoms with Crippen LogP contribution in [-0.2, 0) is 10.2 Å². The third-order valence-corrected chi connectivity index (χ3v) is 3.80. The summed E-state index contributed by atoms with van der Waals surface area (Å²) in [5, 5.41) is 9.79. The summed E-state index contributed by atoms with van der Waals surface area (Å²) in [6, 6.07) is 15.3. The van der Waals surface area contributed by atoms with E-state index in [-0.39, 0.29) is 0 Å². The molecular formula is C17H18O2. The summed E-state index contributed by atoms with van der Waals surface area (Å²) in [7, 11) is 0. The molecule has 98 valence electrons. The summed E-state index contributed by atoms with van der Waals surface area (Å²) in [4.78, 5) is 11.9. The Bertz CT molecular complexity index is 569. The molecule has 1 N–H and O–H groups in total. The van der Waals surface area contributed by atoms with Gasteiger partial charge in [0.2, 0.25) is 0 Å². The fraction of sp³-hybridized carbons (Fsp3) is 0.235. The fourth-order valence-electron chi connectivity index (χ4n) is 2.64. The summed E-state index contributed by atoms with van der Waals surface area (Å²) in [5.74, 6) is -0.823. The smallest absolute Gasteiger partial charge is 0.318 e. The van der Waals surface area contributed by atoms with Crippen molar-refractivity contribution < 1.29 is 9.90 Å². The molecule has 0 radical (unpaired) electrons. The molecule has 0 unspecified atom stereocenters. The van der Waals surface area contributed by atoms with Crippen LogP contribution in [0.5, 0.6) is 0 Å². The zero-order chi connectivity index (χ0) is 14.0. The van der Waals surface area contributed by atoms with E-state index < -0.39 is 11.4 Å². The van der Waals surface area contributed by atoms with Gasteiger partial charge in [0, 0.05) is 0 Å². The van der Waals surface area contributed by atoms with Gasteiger partial charge in [0.25, 0.3) is 0 Å². The molecule has 0 amide bonds. The van der Waals surface area contributed by atoms with Gasteiger partial charge in [-0.3, -0.25) is 4.79 Å². The zero-order valence-corrected chi connectivity index (χ0v) is 11.5. The van der Waals surface area contributed by atoms with Crippen molar-refractivity contribution in [1.29, 1.82) is 0 Å². The van der Waals surface area contributed by atoms with E-state index in [4.69, 9.17) is 0 Å². The molecule has 0 saturated heterocycles. The molecule has 0 atom stereocenters. The molecule has 2 aromatic rings. The van der Waals surface area contributed by atoms with Gasteiger partial charge in [-0.2, -0.15) is 0 Å². The lowest BCUT2D eigenvalue weighted by Gasteiger charge is -2.29. The minimum atomic E-state index is -1.02. The third kappa shape index (κ3) is 2.14. The van der Waals surface area contributed by atoms with E-state index in [9.17, 15) is 9.90 Å². The largest absolute Gasteiger partial charge is 0.480 e. The van der Waals surface area contributed by atoms with Crippen LogP contribution in [0.15, 0.2) is 48.5 Å². The minimum Gasteiger partial charge on any atom is -0.480 e. The van der Waals surface area contributed by atoms with E-state index in [2.05, 4.69) is 0 Å². The predicted molar refractivity (Wildman–Crippen MR) is 76.4 cm³/mol. The van der Waals surface area contributed by atoms with E-state index in [0.717, 1.165) is 22.3 Å². The van der Waals surface area contributed by atoms with Gasteiger partial charge in [0.1, 0.15) is 5.41 Å². The number of carboxylic acid groups (broad SMARTS) is 1. The molecule has 0 aliphatic carbocycles. The van der Waals surface area contributed by atoms with Gasteiger partial charge in [0.15, 0.2) is 0 Å². The molecule has 2 nitrogen and oxygen atoms in total. The van der Waals surface area contributed by atoms with Gasteiger partial charge in [-0.15, -0.1) is 0 Å². The van der Waals surface area contributed by atoms with Crippen molar-refractivity contribution in [3.63, 3.8) is 0 Å². The Labute approximate surface area is 113 Å². The van der Waals surface area contributed by atoms with Gasteiger partial charge < -0.3 is 5.11 Å². The molecular weight excluding hydrogens is 236 g/mol. The summed E-state index contributed by atoms with van der Waals surface area (Å²) >= 11 is 0. The summed E-state index contributed by atoms with van der Waals surface area (Å²) in [5.41, 5.74) is 2.66. The quantitative estimate of drug-likeness (QED) is 0.907. The Morgan fingerprint density at radius 1 is 0.895 bits per heavy atom. The lowest BCUT2D eigenvalue weighted by molar-refractivity contribution is -0.141. The van der Waals surface area contributed by atoms with E-state index in [1.54, 1.807) is 6.92 Å². The standard InChI is InChI=1S/C17H18O2/c1-12-8-4-6-10-14(12)17(3,16(18)19)15-11-7-5-9-13(15)2/h4-11H,1-3H3,(H,18,19). The SMILES string of the molecule is Cc1ccccc1C(C)(C(=O)O)c1ccccc1C. The normalized spacial score (nSPS) is 11.3. The molecule has 2 heteroatoms. The topological polar surface area (TPSA) is 37.3 Å². The average molecular weight is 254 g/mol. The molecule has 2 rings (SSSR count). The van der Waals surface area contributed by atoms with Gasteiger partial charge in [-0.25, -0.2) is 0 Å². The van der Waals surface area contributed by atoms with Crippen molar-refractivity contribution in [2.45, 2.75) is 26.2 Å². The maximum atomic E-state index is 11.9. The molecule has 0 bridgehead atoms. The van der Waals surface area contributed by atoms with E-state index in [1.165, 1.54) is 0 Å². The number of aryl methyl sites for hydroxylation is 2. The van der Waals surface area contributed by atoms with Crippen molar-refractivity contribution in [2.24, 2.45) is 0 Å². The fourth-order valence-corrected chi connectivity index (χ4v) is 2.64. The number of benzene rings is 2. The van der Waals surface area contributed by atoms with Crippen molar-refractivity contribution in [2.75, 3.05) is 0 Å². The molecule has 0 heterocycles. The second kappa shape index (κ2) is 4.88. The van der Waals surface area contributed by atoms with Gasteiger partial charge in [-0.1, -0.05) is 48.5 Å². The minimum absolute atomic E-state index is 0.823. The second-order valence-corrected chi connectivity index (χ2v) is 5.06.